The Morgan fingerprint density at radius 2 is 1.31 bits per heavy atom. The summed E-state index contributed by atoms with van der Waals surface area (Å²) in [6, 6.07) is 0. The van der Waals surface area contributed by atoms with E-state index in [4.69, 9.17) is 0 Å². The van der Waals surface area contributed by atoms with Crippen LogP contribution < -0.4 is 0 Å². The maximum absolute atomic E-state index is 10.3. The van der Waals surface area contributed by atoms with E-state index < -0.39 is 18.4 Å². The fourth-order valence-electron chi connectivity index (χ4n) is 5.82. The van der Waals surface area contributed by atoms with Gasteiger partial charge in [0.2, 0.25) is 0 Å². The summed E-state index contributed by atoms with van der Waals surface area (Å²) in [6.45, 7) is 14.1. The molecule has 0 amide bonds. The monoisotopic (exact) mass is 472 g/mol. The zero-order valence-electron chi connectivity index (χ0n) is 18.5. The van der Waals surface area contributed by atoms with Gasteiger partial charge in [-0.25, -0.2) is 0 Å². The summed E-state index contributed by atoms with van der Waals surface area (Å²) in [4.78, 5) is 0. The molecule has 0 heterocycles. The van der Waals surface area contributed by atoms with E-state index in [0.29, 0.717) is 17.9 Å². The predicted molar refractivity (Wildman–Crippen MR) is 121 cm³/mol. The number of allylic oxidation sites excluding steroid dienone is 1. The molecule has 0 aromatic carbocycles. The number of rotatable bonds is 17. The van der Waals surface area contributed by atoms with Crippen molar-refractivity contribution in [1.29, 1.82) is 0 Å². The Labute approximate surface area is 169 Å². The van der Waals surface area contributed by atoms with Crippen molar-refractivity contribution in [2.45, 2.75) is 116 Å². The number of aliphatic hydroxyl groups excluding tert-OH is 1. The summed E-state index contributed by atoms with van der Waals surface area (Å²) in [5.41, 5.74) is 0.313. The average Bonchev–Trinajstić information content (AvgIpc) is 3.33. The van der Waals surface area contributed by atoms with Gasteiger partial charge in [-0.1, -0.05) is 0 Å². The third-order valence-corrected chi connectivity index (χ3v) is 25.3. The summed E-state index contributed by atoms with van der Waals surface area (Å²) in [6.07, 6.45) is 17.3. The van der Waals surface area contributed by atoms with Gasteiger partial charge >= 0.3 is 170 Å². The van der Waals surface area contributed by atoms with Gasteiger partial charge in [0.05, 0.1) is 0 Å². The Bertz CT molecular complexity index is 359. The molecule has 1 nitrogen and oxygen atoms in total. The fourth-order valence-corrected chi connectivity index (χ4v) is 27.6. The quantitative estimate of drug-likeness (QED) is 0.130. The second kappa shape index (κ2) is 12.9. The van der Waals surface area contributed by atoms with Crippen LogP contribution in [0.1, 0.15) is 98.3 Å². The summed E-state index contributed by atoms with van der Waals surface area (Å²) in [7, 11) is 0. The van der Waals surface area contributed by atoms with Gasteiger partial charge in [0, 0.05) is 0 Å². The van der Waals surface area contributed by atoms with E-state index in [2.05, 4.69) is 40.3 Å². The standard InChI is InChI=1S/C12H21O.3C4H9.Sn/c1-3-5-6-7-8-12(4-2)9-11(12)10-13;3*1-3-4-2;/h4,9,11,13H,2-3,5-8,10H2,1H3;3*1,3-4H2,2H3;/t11-,12+;;;;/m0..../s1. The van der Waals surface area contributed by atoms with Crippen molar-refractivity contribution in [3.05, 3.63) is 12.7 Å². The minimum atomic E-state index is -2.29. The average molecular weight is 471 g/mol. The Balaban J connectivity index is 3.03. The van der Waals surface area contributed by atoms with Gasteiger partial charge in [-0.15, -0.1) is 0 Å². The van der Waals surface area contributed by atoms with Crippen LogP contribution in [-0.4, -0.2) is 30.1 Å². The van der Waals surface area contributed by atoms with Crippen molar-refractivity contribution in [1.82, 2.24) is 0 Å². The van der Waals surface area contributed by atoms with E-state index in [0.717, 1.165) is 3.93 Å². The molecule has 0 aromatic heterocycles. The molecule has 2 heteroatoms. The van der Waals surface area contributed by atoms with Gasteiger partial charge in [-0.3, -0.25) is 0 Å². The van der Waals surface area contributed by atoms with Crippen LogP contribution in [0, 0.1) is 11.3 Å². The zero-order chi connectivity index (χ0) is 19.5. The molecule has 1 rings (SSSR count). The van der Waals surface area contributed by atoms with Gasteiger partial charge in [-0.05, 0) is 0 Å². The number of hydrogen-bond acceptors (Lipinski definition) is 1. The van der Waals surface area contributed by atoms with Crippen molar-refractivity contribution in [2.24, 2.45) is 11.3 Å². The van der Waals surface area contributed by atoms with E-state index in [-0.39, 0.29) is 0 Å². The van der Waals surface area contributed by atoms with Crippen LogP contribution >= 0.6 is 0 Å². The molecule has 1 aliphatic carbocycles. The fraction of sp³-hybridized carbons (Fsp3) is 0.917. The first-order valence-electron chi connectivity index (χ1n) is 11.9. The van der Waals surface area contributed by atoms with Gasteiger partial charge in [0.15, 0.2) is 0 Å². The van der Waals surface area contributed by atoms with Crippen molar-refractivity contribution >= 4 is 18.4 Å². The van der Waals surface area contributed by atoms with E-state index in [1.165, 1.54) is 70.6 Å². The SMILES string of the molecule is C=C[C@@]1(CCCCCC)[CH]([Sn]([CH2]CCC)([CH2]CCC)[CH2]CCC)[C@H]1CO. The van der Waals surface area contributed by atoms with Crippen LogP contribution in [0.4, 0.5) is 0 Å². The van der Waals surface area contributed by atoms with Crippen molar-refractivity contribution < 1.29 is 5.11 Å². The molecule has 1 aliphatic rings. The third-order valence-electron chi connectivity index (χ3n) is 7.35. The predicted octanol–water partition coefficient (Wildman–Crippen LogP) is 7.97. The Hall–Kier alpha value is 0.499. The van der Waals surface area contributed by atoms with Crippen molar-refractivity contribution in [3.8, 4) is 0 Å². The first-order chi connectivity index (χ1) is 12.6. The zero-order valence-corrected chi connectivity index (χ0v) is 21.3. The van der Waals surface area contributed by atoms with Crippen molar-refractivity contribution in [3.63, 3.8) is 0 Å². The molecule has 1 fully saturated rings. The molecule has 0 aliphatic heterocycles. The Morgan fingerprint density at radius 1 is 0.808 bits per heavy atom. The molecule has 0 saturated heterocycles. The molecule has 0 aromatic rings. The molecule has 0 spiro atoms. The van der Waals surface area contributed by atoms with Gasteiger partial charge < -0.3 is 0 Å². The normalized spacial score (nSPS) is 25.4. The Morgan fingerprint density at radius 3 is 1.69 bits per heavy atom. The van der Waals surface area contributed by atoms with Crippen LogP contribution in [-0.2, 0) is 0 Å². The van der Waals surface area contributed by atoms with Crippen LogP contribution in [0.3, 0.4) is 0 Å². The van der Waals surface area contributed by atoms with Crippen LogP contribution in [0.15, 0.2) is 12.7 Å². The second-order valence-electron chi connectivity index (χ2n) is 9.07. The van der Waals surface area contributed by atoms with Crippen molar-refractivity contribution in [2.75, 3.05) is 6.61 Å². The molecule has 0 radical (unpaired) electrons. The third kappa shape index (κ3) is 6.00. The summed E-state index contributed by atoms with van der Waals surface area (Å²) < 4.78 is 5.58. The van der Waals surface area contributed by atoms with Crippen LogP contribution in [0.25, 0.3) is 0 Å². The first kappa shape index (κ1) is 24.5. The molecule has 1 N–H and O–H groups in total. The molecule has 0 bridgehead atoms. The first-order valence-corrected chi connectivity index (χ1v) is 19.6. The topological polar surface area (TPSA) is 20.2 Å². The Kier molecular flexibility index (Phi) is 12.1. The molecular formula is C24H48OSn. The molecule has 3 atom stereocenters. The number of hydrogen-bond donors (Lipinski definition) is 1. The number of aliphatic hydroxyl groups is 1. The molecular weight excluding hydrogens is 423 g/mol. The summed E-state index contributed by atoms with van der Waals surface area (Å²) >= 11 is -2.29. The van der Waals surface area contributed by atoms with Gasteiger partial charge in [0.1, 0.15) is 0 Å². The van der Waals surface area contributed by atoms with E-state index in [1.54, 1.807) is 13.3 Å². The molecule has 1 saturated carbocycles. The van der Waals surface area contributed by atoms with E-state index in [1.807, 2.05) is 0 Å². The van der Waals surface area contributed by atoms with Crippen LogP contribution in [0.2, 0.25) is 17.2 Å². The number of unbranched alkanes of at least 4 members (excludes halogenated alkanes) is 6. The molecule has 26 heavy (non-hydrogen) atoms. The molecule has 154 valence electrons. The van der Waals surface area contributed by atoms with Crippen LogP contribution in [0.5, 0.6) is 0 Å². The van der Waals surface area contributed by atoms with E-state index in [9.17, 15) is 5.11 Å². The van der Waals surface area contributed by atoms with Gasteiger partial charge in [0.25, 0.3) is 0 Å². The second-order valence-corrected chi connectivity index (χ2v) is 22.9. The summed E-state index contributed by atoms with van der Waals surface area (Å²) in [5.74, 6) is 0.558. The van der Waals surface area contributed by atoms with E-state index >= 15 is 0 Å². The maximum atomic E-state index is 10.3. The summed E-state index contributed by atoms with van der Waals surface area (Å²) in [5, 5.41) is 10.3. The van der Waals surface area contributed by atoms with Gasteiger partial charge in [-0.2, -0.15) is 0 Å². The molecule has 1 unspecified atom stereocenters. The minimum absolute atomic E-state index is 0.313.